The molecule has 21 heavy (non-hydrogen) atoms. The number of halogens is 1. The fourth-order valence-corrected chi connectivity index (χ4v) is 3.61. The first-order chi connectivity index (χ1) is 10.1. The zero-order valence-electron chi connectivity index (χ0n) is 12.3. The summed E-state index contributed by atoms with van der Waals surface area (Å²) in [4.78, 5) is 4.11. The Morgan fingerprint density at radius 3 is 2.95 bits per heavy atom. The minimum absolute atomic E-state index is 0.0518. The summed E-state index contributed by atoms with van der Waals surface area (Å²) in [6.07, 6.45) is 4.14. The number of pyridine rings is 1. The fourth-order valence-electron chi connectivity index (χ4n) is 3.61. The van der Waals surface area contributed by atoms with E-state index in [1.807, 2.05) is 6.92 Å². The lowest BCUT2D eigenvalue weighted by Crippen LogP contribution is -2.47. The van der Waals surface area contributed by atoms with E-state index in [1.165, 1.54) is 12.3 Å². The van der Waals surface area contributed by atoms with Crippen molar-refractivity contribution >= 4 is 0 Å². The molecule has 0 saturated carbocycles. The van der Waals surface area contributed by atoms with Gasteiger partial charge >= 0.3 is 0 Å². The maximum absolute atomic E-state index is 13.1. The second-order valence-corrected chi connectivity index (χ2v) is 6.16. The van der Waals surface area contributed by atoms with Gasteiger partial charge in [-0.3, -0.25) is 4.98 Å². The predicted octanol–water partition coefficient (Wildman–Crippen LogP) is 2.40. The van der Waals surface area contributed by atoms with Crippen LogP contribution in [0.5, 0.6) is 0 Å². The molecule has 116 valence electrons. The Morgan fingerprint density at radius 1 is 1.48 bits per heavy atom. The molecule has 0 bridgehead atoms. The number of rotatable bonds is 3. The van der Waals surface area contributed by atoms with E-state index in [9.17, 15) is 9.50 Å². The minimum atomic E-state index is -1.03. The molecule has 1 aromatic rings. The zero-order chi connectivity index (χ0) is 14.9. The highest BCUT2D eigenvalue weighted by Crippen LogP contribution is 2.44. The van der Waals surface area contributed by atoms with Gasteiger partial charge in [-0.25, -0.2) is 4.39 Å². The third kappa shape index (κ3) is 2.70. The van der Waals surface area contributed by atoms with E-state index < -0.39 is 5.60 Å². The number of aromatic nitrogens is 1. The molecule has 5 heteroatoms. The van der Waals surface area contributed by atoms with Crippen molar-refractivity contribution < 1.29 is 19.0 Å². The molecular weight excluding hydrogens is 273 g/mol. The van der Waals surface area contributed by atoms with Gasteiger partial charge in [0.1, 0.15) is 11.4 Å². The molecular formula is C16H22FNO3. The van der Waals surface area contributed by atoms with Gasteiger partial charge in [-0.1, -0.05) is 6.92 Å². The molecule has 2 fully saturated rings. The molecule has 0 aliphatic carbocycles. The Morgan fingerprint density at radius 2 is 2.33 bits per heavy atom. The summed E-state index contributed by atoms with van der Waals surface area (Å²) in [6, 6.07) is 2.95. The average molecular weight is 295 g/mol. The molecule has 3 heterocycles. The first kappa shape index (κ1) is 14.9. The SMILES string of the molecule is CCC(O)(c1ccc(F)cn1)C1CCOC2(CCOC2)C1. The van der Waals surface area contributed by atoms with Gasteiger partial charge in [0.15, 0.2) is 0 Å². The number of ether oxygens (including phenoxy) is 2. The van der Waals surface area contributed by atoms with Gasteiger partial charge in [0.25, 0.3) is 0 Å². The van der Waals surface area contributed by atoms with E-state index in [0.717, 1.165) is 19.3 Å². The summed E-state index contributed by atoms with van der Waals surface area (Å²) in [5.41, 5.74) is -0.744. The summed E-state index contributed by atoms with van der Waals surface area (Å²) < 4.78 is 24.5. The lowest BCUT2D eigenvalue weighted by atomic mass is 9.72. The first-order valence-corrected chi connectivity index (χ1v) is 7.64. The lowest BCUT2D eigenvalue weighted by Gasteiger charge is -2.44. The highest BCUT2D eigenvalue weighted by molar-refractivity contribution is 5.16. The van der Waals surface area contributed by atoms with Gasteiger partial charge in [0.2, 0.25) is 0 Å². The molecule has 2 saturated heterocycles. The first-order valence-electron chi connectivity index (χ1n) is 7.64. The van der Waals surface area contributed by atoms with Crippen molar-refractivity contribution in [3.8, 4) is 0 Å². The molecule has 1 spiro atoms. The van der Waals surface area contributed by atoms with Gasteiger partial charge in [-0.15, -0.1) is 0 Å². The van der Waals surface area contributed by atoms with Gasteiger partial charge in [0, 0.05) is 19.6 Å². The van der Waals surface area contributed by atoms with Crippen LogP contribution in [0.2, 0.25) is 0 Å². The van der Waals surface area contributed by atoms with Crippen molar-refractivity contribution in [2.75, 3.05) is 19.8 Å². The Hall–Kier alpha value is -1.04. The van der Waals surface area contributed by atoms with Crippen molar-refractivity contribution in [2.24, 2.45) is 5.92 Å². The third-order valence-corrected chi connectivity index (χ3v) is 4.95. The maximum atomic E-state index is 13.1. The van der Waals surface area contributed by atoms with E-state index in [0.29, 0.717) is 31.9 Å². The Balaban J connectivity index is 1.86. The molecule has 2 aliphatic heterocycles. The minimum Gasteiger partial charge on any atom is -0.383 e. The summed E-state index contributed by atoms with van der Waals surface area (Å²) in [7, 11) is 0. The average Bonchev–Trinajstić information content (AvgIpc) is 2.95. The van der Waals surface area contributed by atoms with Gasteiger partial charge in [-0.05, 0) is 37.3 Å². The van der Waals surface area contributed by atoms with Gasteiger partial charge in [-0.2, -0.15) is 0 Å². The van der Waals surface area contributed by atoms with Crippen molar-refractivity contribution in [1.29, 1.82) is 0 Å². The number of hydrogen-bond acceptors (Lipinski definition) is 4. The largest absolute Gasteiger partial charge is 0.383 e. The Bertz CT molecular complexity index is 487. The molecule has 0 amide bonds. The summed E-state index contributed by atoms with van der Waals surface area (Å²) in [5, 5.41) is 11.2. The smallest absolute Gasteiger partial charge is 0.141 e. The van der Waals surface area contributed by atoms with Crippen LogP contribution in [-0.2, 0) is 15.1 Å². The Kier molecular flexibility index (Phi) is 3.99. The normalized spacial score (nSPS) is 32.2. The number of aliphatic hydroxyl groups is 1. The van der Waals surface area contributed by atoms with Crippen molar-refractivity contribution in [1.82, 2.24) is 4.98 Å². The standard InChI is InChI=1S/C16H22FNO3/c1-2-16(19,14-4-3-13(17)10-18-14)12-5-7-21-15(9-12)6-8-20-11-15/h3-4,10,12,19H,2,5-9,11H2,1H3. The summed E-state index contributed by atoms with van der Waals surface area (Å²) in [5.74, 6) is -0.333. The highest BCUT2D eigenvalue weighted by Gasteiger charge is 2.48. The summed E-state index contributed by atoms with van der Waals surface area (Å²) in [6.45, 7) is 3.88. The number of hydrogen-bond donors (Lipinski definition) is 1. The lowest BCUT2D eigenvalue weighted by molar-refractivity contribution is -0.148. The monoisotopic (exact) mass is 295 g/mol. The molecule has 1 aromatic heterocycles. The second kappa shape index (κ2) is 5.63. The molecule has 4 nitrogen and oxygen atoms in total. The molecule has 3 atom stereocenters. The predicted molar refractivity (Wildman–Crippen MR) is 75.2 cm³/mol. The second-order valence-electron chi connectivity index (χ2n) is 6.16. The van der Waals surface area contributed by atoms with Crippen molar-refractivity contribution in [3.05, 3.63) is 29.8 Å². The van der Waals surface area contributed by atoms with E-state index >= 15 is 0 Å². The van der Waals surface area contributed by atoms with Crippen LogP contribution in [0.1, 0.15) is 38.3 Å². The van der Waals surface area contributed by atoms with Crippen LogP contribution >= 0.6 is 0 Å². The third-order valence-electron chi connectivity index (χ3n) is 4.95. The van der Waals surface area contributed by atoms with Crippen LogP contribution in [0.3, 0.4) is 0 Å². The topological polar surface area (TPSA) is 51.6 Å². The number of nitrogens with zero attached hydrogens (tertiary/aromatic N) is 1. The van der Waals surface area contributed by atoms with Crippen molar-refractivity contribution in [3.63, 3.8) is 0 Å². The van der Waals surface area contributed by atoms with Crippen LogP contribution in [0, 0.1) is 11.7 Å². The molecule has 1 N–H and O–H groups in total. The van der Waals surface area contributed by atoms with E-state index in [1.54, 1.807) is 6.07 Å². The molecule has 0 radical (unpaired) electrons. The van der Waals surface area contributed by atoms with Crippen LogP contribution < -0.4 is 0 Å². The zero-order valence-corrected chi connectivity index (χ0v) is 12.3. The van der Waals surface area contributed by atoms with Gasteiger partial charge in [0.05, 0.1) is 24.1 Å². The van der Waals surface area contributed by atoms with E-state index in [2.05, 4.69) is 4.98 Å². The molecule has 3 rings (SSSR count). The van der Waals surface area contributed by atoms with E-state index in [4.69, 9.17) is 9.47 Å². The van der Waals surface area contributed by atoms with Crippen LogP contribution in [0.15, 0.2) is 18.3 Å². The highest BCUT2D eigenvalue weighted by atomic mass is 19.1. The maximum Gasteiger partial charge on any atom is 0.141 e. The molecule has 2 aliphatic rings. The fraction of sp³-hybridized carbons (Fsp3) is 0.688. The van der Waals surface area contributed by atoms with Crippen LogP contribution in [0.4, 0.5) is 4.39 Å². The molecule has 3 unspecified atom stereocenters. The van der Waals surface area contributed by atoms with Gasteiger partial charge < -0.3 is 14.6 Å². The van der Waals surface area contributed by atoms with Crippen LogP contribution in [-0.4, -0.2) is 35.5 Å². The van der Waals surface area contributed by atoms with E-state index in [-0.39, 0.29) is 17.3 Å². The summed E-state index contributed by atoms with van der Waals surface area (Å²) >= 11 is 0. The Labute approximate surface area is 124 Å². The quantitative estimate of drug-likeness (QED) is 0.930. The van der Waals surface area contributed by atoms with Crippen LogP contribution in [0.25, 0.3) is 0 Å². The molecule has 0 aromatic carbocycles. The van der Waals surface area contributed by atoms with Crippen molar-refractivity contribution in [2.45, 2.75) is 43.8 Å².